The summed E-state index contributed by atoms with van der Waals surface area (Å²) in [5, 5.41) is 5.45. The Kier molecular flexibility index (Phi) is 2.31. The van der Waals surface area contributed by atoms with Crippen LogP contribution in [0.3, 0.4) is 0 Å². The molecule has 1 aromatic rings. The van der Waals surface area contributed by atoms with E-state index in [0.717, 1.165) is 5.56 Å². The van der Waals surface area contributed by atoms with Gasteiger partial charge < -0.3 is 0 Å². The van der Waals surface area contributed by atoms with E-state index in [1.807, 2.05) is 18.4 Å². The largest absolute Gasteiger partial charge is 0.149 e. The Morgan fingerprint density at radius 1 is 1.80 bits per heavy atom. The number of rotatable bonds is 2. The number of thiophene rings is 1. The van der Waals surface area contributed by atoms with Crippen molar-refractivity contribution in [3.8, 4) is 0 Å². The molecule has 0 unspecified atom stereocenters. The van der Waals surface area contributed by atoms with Crippen LogP contribution in [0.5, 0.6) is 0 Å². The van der Waals surface area contributed by atoms with Gasteiger partial charge in [-0.1, -0.05) is 5.11 Å². The van der Waals surface area contributed by atoms with Crippen LogP contribution in [0.4, 0.5) is 0 Å². The van der Waals surface area contributed by atoms with Crippen molar-refractivity contribution >= 4 is 11.3 Å². The van der Waals surface area contributed by atoms with E-state index in [4.69, 9.17) is 5.53 Å². The molecular weight excluding hydrogens is 146 g/mol. The molecule has 52 valence electrons. The van der Waals surface area contributed by atoms with Crippen molar-refractivity contribution in [2.24, 2.45) is 5.11 Å². The number of hydrogen-bond acceptors (Lipinski definition) is 2. The van der Waals surface area contributed by atoms with Crippen molar-refractivity contribution in [1.29, 1.82) is 0 Å². The third-order valence-electron chi connectivity index (χ3n) is 1.10. The maximum absolute atomic E-state index is 8.00. The maximum Gasteiger partial charge on any atom is 0.0519 e. The lowest BCUT2D eigenvalue weighted by Crippen LogP contribution is -1.70. The lowest BCUT2D eigenvalue weighted by Gasteiger charge is -1.81. The van der Waals surface area contributed by atoms with Crippen LogP contribution in [-0.2, 0) is 6.54 Å². The summed E-state index contributed by atoms with van der Waals surface area (Å²) in [5.74, 6) is 0. The van der Waals surface area contributed by atoms with Gasteiger partial charge in [0.2, 0.25) is 0 Å². The standard InChI is InChI=1S/C6H7N3S/c1-5-2-6(4-10-5)3-8-9-7/h2,4H,3H2,1H3. The second-order valence-electron chi connectivity index (χ2n) is 1.95. The third kappa shape index (κ3) is 1.76. The van der Waals surface area contributed by atoms with Crippen LogP contribution in [0.1, 0.15) is 10.4 Å². The summed E-state index contributed by atoms with van der Waals surface area (Å²) >= 11 is 1.67. The molecule has 0 saturated heterocycles. The van der Waals surface area contributed by atoms with Crippen LogP contribution < -0.4 is 0 Å². The van der Waals surface area contributed by atoms with Crippen LogP contribution in [0.25, 0.3) is 10.4 Å². The monoisotopic (exact) mass is 153 g/mol. The zero-order chi connectivity index (χ0) is 7.40. The summed E-state index contributed by atoms with van der Waals surface area (Å²) in [7, 11) is 0. The van der Waals surface area contributed by atoms with Gasteiger partial charge in [-0.2, -0.15) is 0 Å². The number of hydrogen-bond donors (Lipinski definition) is 0. The molecule has 0 aliphatic heterocycles. The van der Waals surface area contributed by atoms with Gasteiger partial charge in [0, 0.05) is 9.79 Å². The summed E-state index contributed by atoms with van der Waals surface area (Å²) in [6.07, 6.45) is 0. The SMILES string of the molecule is Cc1cc(CN=[N+]=[N-])cs1. The smallest absolute Gasteiger partial charge is 0.0519 e. The van der Waals surface area contributed by atoms with Crippen molar-refractivity contribution in [1.82, 2.24) is 0 Å². The van der Waals surface area contributed by atoms with Gasteiger partial charge in [0.25, 0.3) is 0 Å². The first-order valence-electron chi connectivity index (χ1n) is 2.88. The molecule has 3 nitrogen and oxygen atoms in total. The lowest BCUT2D eigenvalue weighted by molar-refractivity contribution is 1.06. The molecule has 0 N–H and O–H groups in total. The van der Waals surface area contributed by atoms with Crippen molar-refractivity contribution in [2.45, 2.75) is 13.5 Å². The Hall–Kier alpha value is -0.990. The van der Waals surface area contributed by atoms with Gasteiger partial charge in [-0.3, -0.25) is 0 Å². The molecule has 1 heterocycles. The number of nitrogens with zero attached hydrogens (tertiary/aromatic N) is 3. The molecule has 10 heavy (non-hydrogen) atoms. The Bertz CT molecular complexity index is 260. The molecule has 0 spiro atoms. The fourth-order valence-corrected chi connectivity index (χ4v) is 1.39. The molecule has 0 radical (unpaired) electrons. The summed E-state index contributed by atoms with van der Waals surface area (Å²) < 4.78 is 0. The Morgan fingerprint density at radius 2 is 2.60 bits per heavy atom. The molecule has 0 bridgehead atoms. The number of azide groups is 1. The summed E-state index contributed by atoms with van der Waals surface area (Å²) in [6, 6.07) is 2.03. The minimum absolute atomic E-state index is 0.473. The van der Waals surface area contributed by atoms with Crippen molar-refractivity contribution in [2.75, 3.05) is 0 Å². The lowest BCUT2D eigenvalue weighted by atomic mass is 10.3. The molecule has 1 aromatic heterocycles. The van der Waals surface area contributed by atoms with E-state index >= 15 is 0 Å². The normalized spacial score (nSPS) is 8.90. The van der Waals surface area contributed by atoms with Crippen LogP contribution >= 0.6 is 11.3 Å². The molecule has 0 amide bonds. The summed E-state index contributed by atoms with van der Waals surface area (Å²) in [4.78, 5) is 3.92. The van der Waals surface area contributed by atoms with Gasteiger partial charge >= 0.3 is 0 Å². The van der Waals surface area contributed by atoms with Crippen molar-refractivity contribution in [3.05, 3.63) is 32.3 Å². The average molecular weight is 153 g/mol. The second kappa shape index (κ2) is 3.25. The topological polar surface area (TPSA) is 48.8 Å². The Balaban J connectivity index is 2.66. The highest BCUT2D eigenvalue weighted by molar-refractivity contribution is 7.10. The second-order valence-corrected chi connectivity index (χ2v) is 3.07. The summed E-state index contributed by atoms with van der Waals surface area (Å²) in [5.41, 5.74) is 9.09. The van der Waals surface area contributed by atoms with Crippen LogP contribution in [0, 0.1) is 6.92 Å². The van der Waals surface area contributed by atoms with E-state index < -0.39 is 0 Å². The predicted molar refractivity (Wildman–Crippen MR) is 41.9 cm³/mol. The van der Waals surface area contributed by atoms with E-state index in [-0.39, 0.29) is 0 Å². The van der Waals surface area contributed by atoms with Crippen molar-refractivity contribution in [3.63, 3.8) is 0 Å². The molecule has 0 aliphatic carbocycles. The minimum Gasteiger partial charge on any atom is -0.149 e. The molecular formula is C6H7N3S. The summed E-state index contributed by atoms with van der Waals surface area (Å²) in [6.45, 7) is 2.51. The minimum atomic E-state index is 0.473. The van der Waals surface area contributed by atoms with Crippen LogP contribution in [0.2, 0.25) is 0 Å². The van der Waals surface area contributed by atoms with Gasteiger partial charge in [-0.15, -0.1) is 11.3 Å². The first-order chi connectivity index (χ1) is 4.83. The zero-order valence-corrected chi connectivity index (χ0v) is 6.43. The maximum atomic E-state index is 8.00. The first-order valence-corrected chi connectivity index (χ1v) is 3.76. The number of aryl methyl sites for hydroxylation is 1. The molecule has 1 rings (SSSR count). The average Bonchev–Trinajstić information content (AvgIpc) is 2.31. The van der Waals surface area contributed by atoms with E-state index in [0.29, 0.717) is 6.54 Å². The fraction of sp³-hybridized carbons (Fsp3) is 0.333. The van der Waals surface area contributed by atoms with Crippen molar-refractivity contribution < 1.29 is 0 Å². The van der Waals surface area contributed by atoms with Gasteiger partial charge in [0.1, 0.15) is 0 Å². The van der Waals surface area contributed by atoms with E-state index in [1.165, 1.54) is 4.88 Å². The Labute approximate surface area is 62.9 Å². The molecule has 0 saturated carbocycles. The van der Waals surface area contributed by atoms with E-state index in [1.54, 1.807) is 11.3 Å². The predicted octanol–water partition coefficient (Wildman–Crippen LogP) is 2.87. The molecule has 4 heteroatoms. The zero-order valence-electron chi connectivity index (χ0n) is 5.61. The highest BCUT2D eigenvalue weighted by atomic mass is 32.1. The molecule has 0 fully saturated rings. The highest BCUT2D eigenvalue weighted by Crippen LogP contribution is 2.13. The fourth-order valence-electron chi connectivity index (χ4n) is 0.694. The van der Waals surface area contributed by atoms with Crippen LogP contribution in [0.15, 0.2) is 16.6 Å². The molecule has 0 atom stereocenters. The van der Waals surface area contributed by atoms with E-state index in [9.17, 15) is 0 Å². The van der Waals surface area contributed by atoms with Gasteiger partial charge in [0.15, 0.2) is 0 Å². The quantitative estimate of drug-likeness (QED) is 0.356. The van der Waals surface area contributed by atoms with E-state index in [2.05, 4.69) is 10.0 Å². The third-order valence-corrected chi connectivity index (χ3v) is 2.01. The Morgan fingerprint density at radius 3 is 3.10 bits per heavy atom. The molecule has 0 aliphatic rings. The van der Waals surface area contributed by atoms with Crippen LogP contribution in [-0.4, -0.2) is 0 Å². The molecule has 0 aromatic carbocycles. The highest BCUT2D eigenvalue weighted by Gasteiger charge is 1.91. The van der Waals surface area contributed by atoms with Gasteiger partial charge in [-0.25, -0.2) is 0 Å². The first kappa shape index (κ1) is 7.12. The van der Waals surface area contributed by atoms with Gasteiger partial charge in [-0.05, 0) is 29.5 Å². The van der Waals surface area contributed by atoms with Gasteiger partial charge in [0.05, 0.1) is 6.54 Å².